The maximum absolute atomic E-state index is 4.48. The molecule has 0 unspecified atom stereocenters. The highest BCUT2D eigenvalue weighted by Gasteiger charge is 2.08. The minimum atomic E-state index is 0.913. The topological polar surface area (TPSA) is 28.7 Å². The van der Waals surface area contributed by atoms with E-state index in [4.69, 9.17) is 0 Å². The first-order valence-corrected chi connectivity index (χ1v) is 6.43. The number of nitrogens with one attached hydrogen (secondary N) is 1. The van der Waals surface area contributed by atoms with Crippen molar-refractivity contribution in [2.24, 2.45) is 0 Å². The van der Waals surface area contributed by atoms with Gasteiger partial charge < -0.3 is 4.98 Å². The molecular weight excluding hydrogens is 232 g/mol. The highest BCUT2D eigenvalue weighted by Crippen LogP contribution is 2.26. The highest BCUT2D eigenvalue weighted by atomic mass is 14.9. The minimum absolute atomic E-state index is 0.913. The van der Waals surface area contributed by atoms with Crippen molar-refractivity contribution in [1.82, 2.24) is 9.97 Å². The van der Waals surface area contributed by atoms with E-state index in [1.807, 2.05) is 24.4 Å². The first-order valence-electron chi connectivity index (χ1n) is 6.43. The molecule has 0 aliphatic rings. The van der Waals surface area contributed by atoms with Crippen LogP contribution in [0.2, 0.25) is 0 Å². The van der Waals surface area contributed by atoms with Gasteiger partial charge in [-0.2, -0.15) is 0 Å². The molecule has 1 N–H and O–H groups in total. The molecule has 0 amide bonds. The zero-order chi connectivity index (χ0) is 13.2. The van der Waals surface area contributed by atoms with Crippen molar-refractivity contribution in [3.05, 3.63) is 65.9 Å². The summed E-state index contributed by atoms with van der Waals surface area (Å²) in [6.45, 7) is 4.28. The molecule has 1 aromatic heterocycles. The highest BCUT2D eigenvalue weighted by molar-refractivity contribution is 5.68. The lowest BCUT2D eigenvalue weighted by molar-refractivity contribution is 1.29. The predicted molar refractivity (Wildman–Crippen MR) is 78.9 cm³/mol. The second kappa shape index (κ2) is 4.73. The van der Waals surface area contributed by atoms with E-state index in [2.05, 4.69) is 54.1 Å². The summed E-state index contributed by atoms with van der Waals surface area (Å²) in [6.07, 6.45) is 1.91. The average molecular weight is 248 g/mol. The van der Waals surface area contributed by atoms with E-state index >= 15 is 0 Å². The Balaban J connectivity index is 2.05. The number of hydrogen-bond donors (Lipinski definition) is 1. The zero-order valence-electron chi connectivity index (χ0n) is 11.1. The van der Waals surface area contributed by atoms with Gasteiger partial charge in [0.15, 0.2) is 0 Å². The van der Waals surface area contributed by atoms with Gasteiger partial charge in [-0.05, 0) is 25.0 Å². The fourth-order valence-electron chi connectivity index (χ4n) is 2.24. The van der Waals surface area contributed by atoms with Gasteiger partial charge in [-0.15, -0.1) is 0 Å². The van der Waals surface area contributed by atoms with Crippen molar-refractivity contribution < 1.29 is 0 Å². The van der Waals surface area contributed by atoms with Gasteiger partial charge in [-0.3, -0.25) is 0 Å². The third-order valence-corrected chi connectivity index (χ3v) is 3.52. The summed E-state index contributed by atoms with van der Waals surface area (Å²) < 4.78 is 0. The molecule has 0 atom stereocenters. The van der Waals surface area contributed by atoms with Crippen molar-refractivity contribution in [1.29, 1.82) is 0 Å². The van der Waals surface area contributed by atoms with Gasteiger partial charge in [-0.1, -0.05) is 48.5 Å². The fraction of sp³-hybridized carbons (Fsp3) is 0.118. The van der Waals surface area contributed by atoms with Gasteiger partial charge >= 0.3 is 0 Å². The number of aromatic amines is 1. The van der Waals surface area contributed by atoms with Crippen LogP contribution < -0.4 is 0 Å². The van der Waals surface area contributed by atoms with E-state index in [-0.39, 0.29) is 0 Å². The minimum Gasteiger partial charge on any atom is -0.338 e. The number of imidazole rings is 1. The van der Waals surface area contributed by atoms with E-state index < -0.39 is 0 Å². The van der Waals surface area contributed by atoms with Crippen molar-refractivity contribution in [2.45, 2.75) is 13.8 Å². The number of aryl methyl sites for hydroxylation is 1. The Morgan fingerprint density at radius 1 is 0.895 bits per heavy atom. The van der Waals surface area contributed by atoms with Crippen molar-refractivity contribution in [2.75, 3.05) is 0 Å². The second-order valence-corrected chi connectivity index (χ2v) is 4.76. The largest absolute Gasteiger partial charge is 0.338 e. The number of nitrogens with zero attached hydrogens (tertiary/aromatic N) is 1. The lowest BCUT2D eigenvalue weighted by atomic mass is 10.0. The maximum Gasteiger partial charge on any atom is 0.137 e. The Labute approximate surface area is 113 Å². The summed E-state index contributed by atoms with van der Waals surface area (Å²) in [5, 5.41) is 0. The summed E-state index contributed by atoms with van der Waals surface area (Å²) in [4.78, 5) is 7.88. The van der Waals surface area contributed by atoms with Gasteiger partial charge in [0, 0.05) is 11.1 Å². The van der Waals surface area contributed by atoms with Crippen LogP contribution in [-0.4, -0.2) is 9.97 Å². The molecule has 3 rings (SSSR count). The van der Waals surface area contributed by atoms with E-state index in [1.54, 1.807) is 0 Å². The monoisotopic (exact) mass is 248 g/mol. The van der Waals surface area contributed by atoms with Crippen molar-refractivity contribution >= 4 is 0 Å². The first kappa shape index (κ1) is 11.7. The van der Waals surface area contributed by atoms with E-state index in [0.29, 0.717) is 0 Å². The smallest absolute Gasteiger partial charge is 0.137 e. The SMILES string of the molecule is Cc1cccc(-c2cnc(-c3ccccc3)[nH]2)c1C. The third kappa shape index (κ3) is 2.17. The van der Waals surface area contributed by atoms with Crippen LogP contribution in [0.5, 0.6) is 0 Å². The summed E-state index contributed by atoms with van der Waals surface area (Å²) in [7, 11) is 0. The Morgan fingerprint density at radius 2 is 1.68 bits per heavy atom. The van der Waals surface area contributed by atoms with Gasteiger partial charge in [0.05, 0.1) is 11.9 Å². The molecule has 94 valence electrons. The number of rotatable bonds is 2. The van der Waals surface area contributed by atoms with Gasteiger partial charge in [0.1, 0.15) is 5.82 Å². The van der Waals surface area contributed by atoms with Crippen molar-refractivity contribution in [3.63, 3.8) is 0 Å². The third-order valence-electron chi connectivity index (χ3n) is 3.52. The maximum atomic E-state index is 4.48. The number of benzene rings is 2. The predicted octanol–water partition coefficient (Wildman–Crippen LogP) is 4.36. The quantitative estimate of drug-likeness (QED) is 0.717. The summed E-state index contributed by atoms with van der Waals surface area (Å²) >= 11 is 0. The molecule has 1 heterocycles. The molecule has 2 heteroatoms. The molecule has 0 radical (unpaired) electrons. The second-order valence-electron chi connectivity index (χ2n) is 4.76. The Kier molecular flexibility index (Phi) is 2.92. The van der Waals surface area contributed by atoms with E-state index in [0.717, 1.165) is 17.1 Å². The molecule has 0 aliphatic carbocycles. The lowest BCUT2D eigenvalue weighted by Gasteiger charge is -2.06. The standard InChI is InChI=1S/C17H16N2/c1-12-7-6-10-15(13(12)2)16-11-18-17(19-16)14-8-4-3-5-9-14/h3-11H,1-2H3,(H,18,19). The van der Waals surface area contributed by atoms with Crippen LogP contribution in [0.1, 0.15) is 11.1 Å². The molecule has 0 bridgehead atoms. The van der Waals surface area contributed by atoms with Crippen molar-refractivity contribution in [3.8, 4) is 22.6 Å². The molecule has 2 aromatic carbocycles. The van der Waals surface area contributed by atoms with Crippen LogP contribution in [0.25, 0.3) is 22.6 Å². The van der Waals surface area contributed by atoms with Crippen LogP contribution in [0.3, 0.4) is 0 Å². The van der Waals surface area contributed by atoms with E-state index in [1.165, 1.54) is 16.7 Å². The molecule has 0 spiro atoms. The van der Waals surface area contributed by atoms with Crippen LogP contribution >= 0.6 is 0 Å². The lowest BCUT2D eigenvalue weighted by Crippen LogP contribution is -1.87. The number of hydrogen-bond acceptors (Lipinski definition) is 1. The summed E-state index contributed by atoms with van der Waals surface area (Å²) in [5.74, 6) is 0.913. The molecule has 0 saturated carbocycles. The average Bonchev–Trinajstić information content (AvgIpc) is 2.92. The summed E-state index contributed by atoms with van der Waals surface area (Å²) in [6, 6.07) is 16.5. The summed E-state index contributed by atoms with van der Waals surface area (Å²) in [5.41, 5.74) is 5.99. The molecule has 3 aromatic rings. The normalized spacial score (nSPS) is 10.6. The number of H-pyrrole nitrogens is 1. The Bertz CT molecular complexity index is 696. The van der Waals surface area contributed by atoms with Gasteiger partial charge in [0.2, 0.25) is 0 Å². The van der Waals surface area contributed by atoms with Crippen LogP contribution in [0.4, 0.5) is 0 Å². The van der Waals surface area contributed by atoms with Gasteiger partial charge in [0.25, 0.3) is 0 Å². The van der Waals surface area contributed by atoms with E-state index in [9.17, 15) is 0 Å². The molecule has 0 saturated heterocycles. The Hall–Kier alpha value is -2.35. The van der Waals surface area contributed by atoms with Crippen LogP contribution in [0, 0.1) is 13.8 Å². The molecule has 2 nitrogen and oxygen atoms in total. The van der Waals surface area contributed by atoms with Gasteiger partial charge in [-0.25, -0.2) is 4.98 Å². The molecule has 19 heavy (non-hydrogen) atoms. The molecule has 0 fully saturated rings. The van der Waals surface area contributed by atoms with Crippen LogP contribution in [0.15, 0.2) is 54.7 Å². The zero-order valence-corrected chi connectivity index (χ0v) is 11.1. The molecule has 0 aliphatic heterocycles. The number of aromatic nitrogens is 2. The van der Waals surface area contributed by atoms with Crippen LogP contribution in [-0.2, 0) is 0 Å². The fourth-order valence-corrected chi connectivity index (χ4v) is 2.24. The Morgan fingerprint density at radius 3 is 2.47 bits per heavy atom. The molecular formula is C17H16N2. The first-order chi connectivity index (χ1) is 9.25.